The summed E-state index contributed by atoms with van der Waals surface area (Å²) in [6, 6.07) is 12.9. The van der Waals surface area contributed by atoms with Crippen molar-refractivity contribution in [1.29, 1.82) is 0 Å². The summed E-state index contributed by atoms with van der Waals surface area (Å²) in [6.45, 7) is 3.80. The summed E-state index contributed by atoms with van der Waals surface area (Å²) in [6.07, 6.45) is 1.57. The monoisotopic (exact) mass is 456 g/mol. The van der Waals surface area contributed by atoms with Crippen molar-refractivity contribution in [3.8, 4) is 5.75 Å². The number of carbonyl (C=O) groups is 2. The zero-order chi connectivity index (χ0) is 23.3. The zero-order valence-electron chi connectivity index (χ0n) is 18.7. The number of hydrogen-bond donors (Lipinski definition) is 1. The van der Waals surface area contributed by atoms with Crippen LogP contribution in [0.1, 0.15) is 36.9 Å². The fraction of sp³-hybridized carbons (Fsp3) is 0.360. The molecule has 3 rings (SSSR count). The molecule has 1 N–H and O–H groups in total. The number of quaternary nitrogens is 1. The van der Waals surface area contributed by atoms with Gasteiger partial charge in [-0.2, -0.15) is 0 Å². The first kappa shape index (κ1) is 23.8. The Morgan fingerprint density at radius 3 is 2.53 bits per heavy atom. The summed E-state index contributed by atoms with van der Waals surface area (Å²) < 4.78 is 5.75. The molecule has 2 aromatic rings. The van der Waals surface area contributed by atoms with Gasteiger partial charge in [0.1, 0.15) is 5.75 Å². The molecule has 32 heavy (non-hydrogen) atoms. The molecule has 1 heterocycles. The molecule has 1 amide bonds. The van der Waals surface area contributed by atoms with E-state index >= 15 is 0 Å². The van der Waals surface area contributed by atoms with Crippen LogP contribution in [0.2, 0.25) is 5.02 Å². The van der Waals surface area contributed by atoms with E-state index in [1.807, 2.05) is 45.3 Å². The number of likely N-dealkylation sites (tertiary alicyclic amines) is 1. The van der Waals surface area contributed by atoms with Gasteiger partial charge in [-0.25, -0.2) is 0 Å². The fourth-order valence-corrected chi connectivity index (χ4v) is 3.93. The van der Waals surface area contributed by atoms with E-state index in [1.54, 1.807) is 24.3 Å². The average molecular weight is 457 g/mol. The molecule has 0 radical (unpaired) electrons. The van der Waals surface area contributed by atoms with Crippen LogP contribution in [0, 0.1) is 0 Å². The second-order valence-electron chi connectivity index (χ2n) is 8.21. The van der Waals surface area contributed by atoms with Gasteiger partial charge in [0, 0.05) is 23.6 Å². The second-order valence-corrected chi connectivity index (χ2v) is 8.65. The van der Waals surface area contributed by atoms with E-state index in [0.717, 1.165) is 13.0 Å². The first-order chi connectivity index (χ1) is 15.3. The molecule has 7 heteroatoms. The van der Waals surface area contributed by atoms with Crippen LogP contribution < -0.4 is 14.7 Å². The average Bonchev–Trinajstić information content (AvgIpc) is 3.02. The molecule has 1 saturated heterocycles. The lowest BCUT2D eigenvalue weighted by atomic mass is 9.95. The summed E-state index contributed by atoms with van der Waals surface area (Å²) >= 11 is 5.95. The molecule has 0 aromatic heterocycles. The first-order valence-corrected chi connectivity index (χ1v) is 11.3. The minimum Gasteiger partial charge on any atom is -0.872 e. The van der Waals surface area contributed by atoms with Crippen LogP contribution in [0.4, 0.5) is 0 Å². The molecule has 0 saturated carbocycles. The van der Waals surface area contributed by atoms with Gasteiger partial charge in [-0.3, -0.25) is 9.59 Å². The SMILES string of the molecule is CCCOc1cccc(C2C(=C([O-])c3ccc(Cl)cc3)C(=O)C(=O)N2CCC[NH+](C)C)c1. The van der Waals surface area contributed by atoms with Crippen molar-refractivity contribution in [3.05, 3.63) is 70.3 Å². The molecule has 0 aliphatic carbocycles. The Morgan fingerprint density at radius 2 is 1.88 bits per heavy atom. The molecule has 0 spiro atoms. The summed E-state index contributed by atoms with van der Waals surface area (Å²) in [5, 5.41) is 13.9. The zero-order valence-corrected chi connectivity index (χ0v) is 19.4. The highest BCUT2D eigenvalue weighted by Crippen LogP contribution is 2.39. The maximum atomic E-state index is 13.4. The number of ketones is 1. The van der Waals surface area contributed by atoms with Gasteiger partial charge in [-0.15, -0.1) is 0 Å². The van der Waals surface area contributed by atoms with Crippen LogP contribution in [0.3, 0.4) is 0 Å². The largest absolute Gasteiger partial charge is 0.872 e. The van der Waals surface area contributed by atoms with Crippen molar-refractivity contribution in [3.63, 3.8) is 0 Å². The normalized spacial score (nSPS) is 17.9. The van der Waals surface area contributed by atoms with Crippen LogP contribution in [0.15, 0.2) is 54.1 Å². The number of carbonyl (C=O) groups excluding carboxylic acids is 2. The predicted octanol–water partition coefficient (Wildman–Crippen LogP) is 1.89. The van der Waals surface area contributed by atoms with Gasteiger partial charge in [0.2, 0.25) is 5.78 Å². The van der Waals surface area contributed by atoms with Gasteiger partial charge in [-0.1, -0.05) is 48.5 Å². The van der Waals surface area contributed by atoms with Crippen LogP contribution in [0.5, 0.6) is 5.75 Å². The minimum atomic E-state index is -0.750. The summed E-state index contributed by atoms with van der Waals surface area (Å²) in [7, 11) is 4.06. The standard InChI is InChI=1S/C25H29ClN2O4/c1-4-15-32-20-8-5-7-18(16-20)22-21(23(29)17-9-11-19(26)12-10-17)24(30)25(31)28(22)14-6-13-27(2)3/h5,7-12,16,22,29H,4,6,13-15H2,1-3H3. The van der Waals surface area contributed by atoms with Crippen LogP contribution >= 0.6 is 11.6 Å². The fourth-order valence-electron chi connectivity index (χ4n) is 3.80. The lowest BCUT2D eigenvalue weighted by molar-refractivity contribution is -0.858. The molecular weight excluding hydrogens is 428 g/mol. The molecule has 1 aliphatic rings. The van der Waals surface area contributed by atoms with E-state index in [-0.39, 0.29) is 5.57 Å². The Balaban J connectivity index is 2.07. The Bertz CT molecular complexity index is 1000. The quantitative estimate of drug-likeness (QED) is 0.355. The molecule has 0 bridgehead atoms. The second kappa shape index (κ2) is 10.7. The van der Waals surface area contributed by atoms with Crippen molar-refractivity contribution in [2.75, 3.05) is 33.8 Å². The number of ether oxygens (including phenoxy) is 1. The first-order valence-electron chi connectivity index (χ1n) is 10.9. The topological polar surface area (TPSA) is 74.1 Å². The van der Waals surface area contributed by atoms with Gasteiger partial charge in [0.25, 0.3) is 5.91 Å². The van der Waals surface area contributed by atoms with E-state index in [2.05, 4.69) is 0 Å². The van der Waals surface area contributed by atoms with Gasteiger partial charge in [0.05, 0.1) is 33.3 Å². The number of halogens is 1. The molecule has 1 aliphatic heterocycles. The highest BCUT2D eigenvalue weighted by molar-refractivity contribution is 6.46. The van der Waals surface area contributed by atoms with E-state index in [9.17, 15) is 14.7 Å². The van der Waals surface area contributed by atoms with Crippen molar-refractivity contribution in [2.45, 2.75) is 25.8 Å². The third-order valence-corrected chi connectivity index (χ3v) is 5.61. The summed E-state index contributed by atoms with van der Waals surface area (Å²) in [5.74, 6) is -1.19. The predicted molar refractivity (Wildman–Crippen MR) is 122 cm³/mol. The molecule has 170 valence electrons. The Kier molecular flexibility index (Phi) is 7.94. The third kappa shape index (κ3) is 5.31. The molecule has 2 aromatic carbocycles. The molecule has 1 atom stereocenters. The lowest BCUT2D eigenvalue weighted by Gasteiger charge is -2.28. The highest BCUT2D eigenvalue weighted by atomic mass is 35.5. The van der Waals surface area contributed by atoms with Crippen LogP contribution in [0.25, 0.3) is 5.76 Å². The van der Waals surface area contributed by atoms with Gasteiger partial charge >= 0.3 is 0 Å². The number of benzene rings is 2. The lowest BCUT2D eigenvalue weighted by Crippen LogP contribution is -3.05. The summed E-state index contributed by atoms with van der Waals surface area (Å²) in [4.78, 5) is 28.8. The van der Waals surface area contributed by atoms with Crippen molar-refractivity contribution >= 4 is 29.1 Å². The third-order valence-electron chi connectivity index (χ3n) is 5.36. The van der Waals surface area contributed by atoms with E-state index in [0.29, 0.717) is 41.5 Å². The molecule has 6 nitrogen and oxygen atoms in total. The number of hydrogen-bond acceptors (Lipinski definition) is 4. The number of nitrogens with zero attached hydrogens (tertiary/aromatic N) is 1. The molecule has 1 fully saturated rings. The van der Waals surface area contributed by atoms with Crippen molar-refractivity contribution in [1.82, 2.24) is 4.90 Å². The van der Waals surface area contributed by atoms with Crippen LogP contribution in [-0.4, -0.2) is 50.4 Å². The summed E-state index contributed by atoms with van der Waals surface area (Å²) in [5.41, 5.74) is 0.989. The Morgan fingerprint density at radius 1 is 1.16 bits per heavy atom. The number of nitrogens with one attached hydrogen (secondary N) is 1. The van der Waals surface area contributed by atoms with E-state index < -0.39 is 23.5 Å². The maximum Gasteiger partial charge on any atom is 0.295 e. The molecular formula is C25H29ClN2O4. The van der Waals surface area contributed by atoms with E-state index in [1.165, 1.54) is 9.80 Å². The number of amides is 1. The van der Waals surface area contributed by atoms with E-state index in [4.69, 9.17) is 16.3 Å². The van der Waals surface area contributed by atoms with Gasteiger partial charge in [-0.05, 0) is 41.8 Å². The van der Waals surface area contributed by atoms with Gasteiger partial charge < -0.3 is 19.6 Å². The Hall–Kier alpha value is -2.83. The van der Waals surface area contributed by atoms with Crippen LogP contribution in [-0.2, 0) is 9.59 Å². The maximum absolute atomic E-state index is 13.4. The molecule has 1 unspecified atom stereocenters. The van der Waals surface area contributed by atoms with Crippen molar-refractivity contribution < 1.29 is 24.3 Å². The number of Topliss-reactive ketones (excluding diaryl/α,β-unsaturated/α-hetero) is 1. The smallest absolute Gasteiger partial charge is 0.295 e. The minimum absolute atomic E-state index is 0.0258. The van der Waals surface area contributed by atoms with Gasteiger partial charge in [0.15, 0.2) is 0 Å². The highest BCUT2D eigenvalue weighted by Gasteiger charge is 2.44. The Labute approximate surface area is 194 Å². The number of rotatable bonds is 9. The van der Waals surface area contributed by atoms with Crippen molar-refractivity contribution in [2.24, 2.45) is 0 Å².